The largest absolute Gasteiger partial charge is 0.411 e. The summed E-state index contributed by atoms with van der Waals surface area (Å²) in [5.41, 5.74) is -6.40. The number of halogens is 6. The summed E-state index contributed by atoms with van der Waals surface area (Å²) in [5.74, 6) is -2.16. The van der Waals surface area contributed by atoms with Crippen LogP contribution in [0, 0.1) is 0 Å². The molecule has 0 amide bonds. The van der Waals surface area contributed by atoms with Crippen LogP contribution in [-0.4, -0.2) is 29.2 Å². The van der Waals surface area contributed by atoms with Gasteiger partial charge in [0.25, 0.3) is 0 Å². The standard InChI is InChI=1S/C29H22F6O6S2/c30-28(31,32)27(29(33,34)35,23-11-15-25(16-12-23)40-42(36,37)19-21-7-3-1-4-8-21)24-13-17-26(18-14-24)41-43(38,39)20-22-9-5-2-6-10-22/h1-18H,19-20H2. The van der Waals surface area contributed by atoms with Gasteiger partial charge < -0.3 is 8.37 Å². The maximum atomic E-state index is 14.5. The molecule has 6 nitrogen and oxygen atoms in total. The summed E-state index contributed by atoms with van der Waals surface area (Å²) < 4.78 is 146. The Balaban J connectivity index is 1.65. The van der Waals surface area contributed by atoms with Crippen LogP contribution in [0.15, 0.2) is 109 Å². The smallest absolute Gasteiger partial charge is 0.382 e. The zero-order valence-corrected chi connectivity index (χ0v) is 23.5. The van der Waals surface area contributed by atoms with Crippen LogP contribution in [0.4, 0.5) is 26.3 Å². The molecular weight excluding hydrogens is 622 g/mol. The molecule has 0 saturated heterocycles. The minimum atomic E-state index is -5.94. The lowest BCUT2D eigenvalue weighted by Gasteiger charge is -2.38. The Labute approximate surface area is 243 Å². The fourth-order valence-electron chi connectivity index (χ4n) is 4.41. The molecule has 0 aliphatic rings. The number of rotatable bonds is 10. The predicted octanol–water partition coefficient (Wildman–Crippen LogP) is 6.91. The van der Waals surface area contributed by atoms with Crippen molar-refractivity contribution in [2.24, 2.45) is 0 Å². The summed E-state index contributed by atoms with van der Waals surface area (Å²) in [4.78, 5) is 0. The van der Waals surface area contributed by atoms with Crippen molar-refractivity contribution in [2.45, 2.75) is 29.3 Å². The van der Waals surface area contributed by atoms with Gasteiger partial charge in [-0.1, -0.05) is 84.9 Å². The van der Waals surface area contributed by atoms with Gasteiger partial charge in [-0.2, -0.15) is 43.2 Å². The molecule has 0 atom stereocenters. The molecule has 0 aliphatic carbocycles. The maximum Gasteiger partial charge on any atom is 0.411 e. The van der Waals surface area contributed by atoms with Crippen molar-refractivity contribution in [3.8, 4) is 11.5 Å². The summed E-state index contributed by atoms with van der Waals surface area (Å²) >= 11 is 0. The first-order valence-electron chi connectivity index (χ1n) is 12.3. The van der Waals surface area contributed by atoms with Gasteiger partial charge in [0.1, 0.15) is 23.0 Å². The van der Waals surface area contributed by atoms with Crippen molar-refractivity contribution < 1.29 is 51.5 Å². The van der Waals surface area contributed by atoms with Gasteiger partial charge in [-0.3, -0.25) is 0 Å². The summed E-state index contributed by atoms with van der Waals surface area (Å²) in [5, 5.41) is 0. The van der Waals surface area contributed by atoms with Gasteiger partial charge in [0.2, 0.25) is 5.41 Å². The van der Waals surface area contributed by atoms with E-state index in [9.17, 15) is 43.2 Å². The zero-order chi connectivity index (χ0) is 31.5. The molecule has 0 fully saturated rings. The highest BCUT2D eigenvalue weighted by molar-refractivity contribution is 7.86. The van der Waals surface area contributed by atoms with Crippen molar-refractivity contribution in [3.63, 3.8) is 0 Å². The SMILES string of the molecule is O=S(=O)(Cc1ccccc1)Oc1ccc(C(c2ccc(OS(=O)(=O)Cc3ccccc3)cc2)(C(F)(F)F)C(F)(F)F)cc1. The van der Waals surface area contributed by atoms with Gasteiger partial charge in [0, 0.05) is 0 Å². The Morgan fingerprint density at radius 2 is 0.767 bits per heavy atom. The van der Waals surface area contributed by atoms with E-state index in [1.165, 1.54) is 24.3 Å². The maximum absolute atomic E-state index is 14.5. The second-order valence-electron chi connectivity index (χ2n) is 9.34. The molecule has 0 spiro atoms. The third-order valence-electron chi connectivity index (χ3n) is 6.24. The normalized spacial score (nSPS) is 13.0. The highest BCUT2D eigenvalue weighted by atomic mass is 32.2. The third kappa shape index (κ3) is 7.31. The van der Waals surface area contributed by atoms with Gasteiger partial charge in [-0.25, -0.2) is 0 Å². The Morgan fingerprint density at radius 3 is 1.05 bits per heavy atom. The van der Waals surface area contributed by atoms with Gasteiger partial charge in [-0.05, 0) is 46.5 Å². The zero-order valence-electron chi connectivity index (χ0n) is 21.8. The topological polar surface area (TPSA) is 86.7 Å². The molecule has 0 unspecified atom stereocenters. The first-order valence-corrected chi connectivity index (χ1v) is 15.4. The first-order chi connectivity index (χ1) is 20.0. The second kappa shape index (κ2) is 11.9. The highest BCUT2D eigenvalue weighted by Gasteiger charge is 2.72. The van der Waals surface area contributed by atoms with Gasteiger partial charge in [-0.15, -0.1) is 0 Å². The van der Waals surface area contributed by atoms with Gasteiger partial charge in [0.05, 0.1) is 0 Å². The van der Waals surface area contributed by atoms with Gasteiger partial charge in [0.15, 0.2) is 0 Å². The molecule has 0 radical (unpaired) electrons. The van der Waals surface area contributed by atoms with E-state index in [0.717, 1.165) is 0 Å². The lowest BCUT2D eigenvalue weighted by Crippen LogP contribution is -2.54. The lowest BCUT2D eigenvalue weighted by molar-refractivity contribution is -0.288. The van der Waals surface area contributed by atoms with Crippen LogP contribution in [0.5, 0.6) is 11.5 Å². The Hall–Kier alpha value is -4.04. The minimum absolute atomic E-state index is 0.354. The van der Waals surface area contributed by atoms with Crippen molar-refractivity contribution >= 4 is 20.2 Å². The van der Waals surface area contributed by atoms with E-state index in [4.69, 9.17) is 8.37 Å². The number of benzene rings is 4. The van der Waals surface area contributed by atoms with Crippen LogP contribution in [0.25, 0.3) is 0 Å². The first kappa shape index (κ1) is 31.9. The number of hydrogen-bond acceptors (Lipinski definition) is 6. The summed E-state index contributed by atoms with van der Waals surface area (Å²) in [6.45, 7) is 0. The van der Waals surface area contributed by atoms with E-state index < -0.39 is 72.1 Å². The number of hydrogen-bond donors (Lipinski definition) is 0. The minimum Gasteiger partial charge on any atom is -0.382 e. The molecule has 0 bridgehead atoms. The van der Waals surface area contributed by atoms with E-state index in [1.807, 2.05) is 0 Å². The molecule has 0 heterocycles. The Morgan fingerprint density at radius 1 is 0.465 bits per heavy atom. The van der Waals surface area contributed by atoms with Crippen molar-refractivity contribution in [1.29, 1.82) is 0 Å². The molecule has 0 aliphatic heterocycles. The fourth-order valence-corrected chi connectivity index (χ4v) is 6.54. The molecule has 4 aromatic rings. The van der Waals surface area contributed by atoms with Crippen LogP contribution < -0.4 is 8.37 Å². The van der Waals surface area contributed by atoms with Crippen LogP contribution in [0.2, 0.25) is 0 Å². The Bertz CT molecular complexity index is 1610. The Kier molecular flexibility index (Phi) is 8.84. The molecule has 4 aromatic carbocycles. The van der Waals surface area contributed by atoms with Crippen LogP contribution in [-0.2, 0) is 37.2 Å². The average Bonchev–Trinajstić information content (AvgIpc) is 2.89. The lowest BCUT2D eigenvalue weighted by atomic mass is 9.73. The molecule has 0 saturated carbocycles. The monoisotopic (exact) mass is 644 g/mol. The van der Waals surface area contributed by atoms with Crippen molar-refractivity contribution in [3.05, 3.63) is 131 Å². The molecule has 0 N–H and O–H groups in total. The van der Waals surface area contributed by atoms with Gasteiger partial charge >= 0.3 is 32.6 Å². The highest BCUT2D eigenvalue weighted by Crippen LogP contribution is 2.56. The van der Waals surface area contributed by atoms with E-state index in [0.29, 0.717) is 59.7 Å². The van der Waals surface area contributed by atoms with Crippen LogP contribution >= 0.6 is 0 Å². The van der Waals surface area contributed by atoms with Crippen molar-refractivity contribution in [1.82, 2.24) is 0 Å². The van der Waals surface area contributed by atoms with E-state index in [1.54, 1.807) is 36.4 Å². The summed E-state index contributed by atoms with van der Waals surface area (Å²) in [6.07, 6.45) is -11.9. The molecular formula is C29H22F6O6S2. The number of alkyl halides is 6. The van der Waals surface area contributed by atoms with Crippen LogP contribution in [0.1, 0.15) is 22.3 Å². The molecule has 14 heteroatoms. The second-order valence-corrected chi connectivity index (χ2v) is 12.5. The molecule has 43 heavy (non-hydrogen) atoms. The quantitative estimate of drug-likeness (QED) is 0.138. The van der Waals surface area contributed by atoms with Crippen molar-refractivity contribution in [2.75, 3.05) is 0 Å². The average molecular weight is 645 g/mol. The van der Waals surface area contributed by atoms with E-state index >= 15 is 0 Å². The molecule has 0 aromatic heterocycles. The molecule has 4 rings (SSSR count). The fraction of sp³-hybridized carbons (Fsp3) is 0.172. The van der Waals surface area contributed by atoms with E-state index in [-0.39, 0.29) is 0 Å². The van der Waals surface area contributed by atoms with Crippen LogP contribution in [0.3, 0.4) is 0 Å². The summed E-state index contributed by atoms with van der Waals surface area (Å²) in [7, 11) is -8.58. The third-order valence-corrected chi connectivity index (χ3v) is 8.51. The predicted molar refractivity (Wildman–Crippen MR) is 145 cm³/mol. The summed E-state index contributed by atoms with van der Waals surface area (Å²) in [6, 6.07) is 20.3. The van der Waals surface area contributed by atoms with E-state index in [2.05, 4.69) is 0 Å². The molecule has 228 valence electrons.